The van der Waals surface area contributed by atoms with E-state index in [1.54, 1.807) is 29.3 Å². The quantitative estimate of drug-likeness (QED) is 0.775. The summed E-state index contributed by atoms with van der Waals surface area (Å²) in [4.78, 5) is 22.6. The van der Waals surface area contributed by atoms with Crippen LogP contribution in [0.4, 0.5) is 0 Å². The predicted molar refractivity (Wildman–Crippen MR) is 76.7 cm³/mol. The van der Waals surface area contributed by atoms with Gasteiger partial charge in [-0.1, -0.05) is 12.1 Å². The number of hydrogen-bond donors (Lipinski definition) is 2. The van der Waals surface area contributed by atoms with Gasteiger partial charge in [-0.25, -0.2) is 9.80 Å². The van der Waals surface area contributed by atoms with Crippen molar-refractivity contribution in [3.05, 3.63) is 35.4 Å². The molecule has 0 bridgehead atoms. The molecule has 1 aromatic carbocycles. The Labute approximate surface area is 123 Å². The molecular formula is C15H20N2O4. The van der Waals surface area contributed by atoms with Gasteiger partial charge in [-0.05, 0) is 30.5 Å². The average Bonchev–Trinajstić information content (AvgIpc) is 2.83. The maximum atomic E-state index is 11.9. The van der Waals surface area contributed by atoms with E-state index in [9.17, 15) is 9.59 Å². The van der Waals surface area contributed by atoms with Crippen LogP contribution in [0.3, 0.4) is 0 Å². The van der Waals surface area contributed by atoms with Gasteiger partial charge in [0.05, 0.1) is 5.56 Å². The van der Waals surface area contributed by atoms with Crippen molar-refractivity contribution in [2.45, 2.75) is 19.3 Å². The fraction of sp³-hybridized carbons (Fsp3) is 0.467. The fourth-order valence-electron chi connectivity index (χ4n) is 2.43. The molecule has 2 rings (SSSR count). The molecule has 1 aliphatic heterocycles. The van der Waals surface area contributed by atoms with Crippen LogP contribution in [0, 0.1) is 0 Å². The van der Waals surface area contributed by atoms with Crippen LogP contribution in [-0.4, -0.2) is 58.3 Å². The van der Waals surface area contributed by atoms with Gasteiger partial charge in [0.25, 0.3) is 0 Å². The Balaban J connectivity index is 1.91. The monoisotopic (exact) mass is 292 g/mol. The second kappa shape index (κ2) is 7.19. The summed E-state index contributed by atoms with van der Waals surface area (Å²) < 4.78 is 0. The lowest BCUT2D eigenvalue weighted by Gasteiger charge is -2.27. The Morgan fingerprint density at radius 1 is 1.19 bits per heavy atom. The first kappa shape index (κ1) is 15.5. The molecule has 1 amide bonds. The normalized spacial score (nSPS) is 15.7. The molecule has 0 spiro atoms. The van der Waals surface area contributed by atoms with E-state index in [-0.39, 0.29) is 18.1 Å². The molecular weight excluding hydrogens is 272 g/mol. The maximum Gasteiger partial charge on any atom is 0.335 e. The standard InChI is InChI=1S/C15H20N2O4/c18-11-1-8-16-9-7-14(19)17(16)10-6-12-2-4-13(5-3-12)15(20)21/h2-5,18H,1,6-11H2,(H,20,21). The van der Waals surface area contributed by atoms with Gasteiger partial charge in [0.2, 0.25) is 5.91 Å². The number of nitrogens with zero attached hydrogens (tertiary/aromatic N) is 2. The van der Waals surface area contributed by atoms with E-state index in [0.717, 1.165) is 5.56 Å². The summed E-state index contributed by atoms with van der Waals surface area (Å²) in [5.74, 6) is -0.832. The molecule has 21 heavy (non-hydrogen) atoms. The lowest BCUT2D eigenvalue weighted by atomic mass is 10.1. The first-order valence-electron chi connectivity index (χ1n) is 7.10. The highest BCUT2D eigenvalue weighted by Gasteiger charge is 2.27. The average molecular weight is 292 g/mol. The van der Waals surface area contributed by atoms with Gasteiger partial charge in [-0.15, -0.1) is 0 Å². The van der Waals surface area contributed by atoms with Crippen LogP contribution in [0.25, 0.3) is 0 Å². The summed E-state index contributed by atoms with van der Waals surface area (Å²) in [6.45, 7) is 2.09. The first-order chi connectivity index (χ1) is 10.1. The molecule has 6 heteroatoms. The highest BCUT2D eigenvalue weighted by atomic mass is 16.4. The molecule has 0 saturated carbocycles. The van der Waals surface area contributed by atoms with Crippen LogP contribution >= 0.6 is 0 Å². The van der Waals surface area contributed by atoms with E-state index in [1.165, 1.54) is 0 Å². The number of carboxylic acids is 1. The first-order valence-corrected chi connectivity index (χ1v) is 7.10. The van der Waals surface area contributed by atoms with E-state index in [2.05, 4.69) is 0 Å². The van der Waals surface area contributed by atoms with Crippen molar-refractivity contribution in [3.8, 4) is 0 Å². The third-order valence-corrected chi connectivity index (χ3v) is 3.60. The molecule has 1 aliphatic rings. The summed E-state index contributed by atoms with van der Waals surface area (Å²) in [5, 5.41) is 21.4. The second-order valence-electron chi connectivity index (χ2n) is 5.05. The lowest BCUT2D eigenvalue weighted by Crippen LogP contribution is -2.41. The highest BCUT2D eigenvalue weighted by Crippen LogP contribution is 2.14. The van der Waals surface area contributed by atoms with E-state index in [4.69, 9.17) is 10.2 Å². The van der Waals surface area contributed by atoms with Crippen molar-refractivity contribution in [1.82, 2.24) is 10.0 Å². The molecule has 2 N–H and O–H groups in total. The van der Waals surface area contributed by atoms with Crippen molar-refractivity contribution < 1.29 is 19.8 Å². The second-order valence-corrected chi connectivity index (χ2v) is 5.05. The summed E-state index contributed by atoms with van der Waals surface area (Å²) in [6.07, 6.45) is 1.85. The van der Waals surface area contributed by atoms with Crippen LogP contribution in [0.2, 0.25) is 0 Å². The number of hydrogen-bond acceptors (Lipinski definition) is 4. The van der Waals surface area contributed by atoms with Crippen LogP contribution in [0.1, 0.15) is 28.8 Å². The summed E-state index contributed by atoms with van der Waals surface area (Å²) >= 11 is 0. The van der Waals surface area contributed by atoms with E-state index in [1.807, 2.05) is 5.01 Å². The number of carboxylic acid groups (broad SMARTS) is 1. The Kier molecular flexibility index (Phi) is 5.30. The highest BCUT2D eigenvalue weighted by molar-refractivity contribution is 5.87. The van der Waals surface area contributed by atoms with Crippen molar-refractivity contribution in [1.29, 1.82) is 0 Å². The molecule has 114 valence electrons. The van der Waals surface area contributed by atoms with Crippen molar-refractivity contribution in [2.24, 2.45) is 0 Å². The van der Waals surface area contributed by atoms with Gasteiger partial charge < -0.3 is 10.2 Å². The fourth-order valence-corrected chi connectivity index (χ4v) is 2.43. The van der Waals surface area contributed by atoms with Gasteiger partial charge in [-0.2, -0.15) is 0 Å². The Morgan fingerprint density at radius 3 is 2.52 bits per heavy atom. The number of hydrazine groups is 1. The van der Waals surface area contributed by atoms with Crippen LogP contribution in [-0.2, 0) is 11.2 Å². The number of benzene rings is 1. The molecule has 0 aliphatic carbocycles. The molecule has 0 unspecified atom stereocenters. The number of aliphatic hydroxyl groups is 1. The lowest BCUT2D eigenvalue weighted by molar-refractivity contribution is -0.138. The number of aromatic carboxylic acids is 1. The SMILES string of the molecule is O=C(O)c1ccc(CCN2C(=O)CCN2CCCO)cc1. The van der Waals surface area contributed by atoms with E-state index in [0.29, 0.717) is 38.9 Å². The maximum absolute atomic E-state index is 11.9. The minimum Gasteiger partial charge on any atom is -0.478 e. The molecule has 1 saturated heterocycles. The minimum absolute atomic E-state index is 0.107. The van der Waals surface area contributed by atoms with Crippen molar-refractivity contribution in [3.63, 3.8) is 0 Å². The third-order valence-electron chi connectivity index (χ3n) is 3.60. The summed E-state index contributed by atoms with van der Waals surface area (Å²) in [6, 6.07) is 6.71. The van der Waals surface area contributed by atoms with E-state index >= 15 is 0 Å². The van der Waals surface area contributed by atoms with Gasteiger partial charge in [0, 0.05) is 32.7 Å². The van der Waals surface area contributed by atoms with E-state index < -0.39 is 5.97 Å². The molecule has 1 aromatic rings. The number of carbonyl (C=O) groups excluding carboxylic acids is 1. The van der Waals surface area contributed by atoms with Crippen LogP contribution < -0.4 is 0 Å². The number of carbonyl (C=O) groups is 2. The van der Waals surface area contributed by atoms with Gasteiger partial charge in [-0.3, -0.25) is 9.80 Å². The third kappa shape index (κ3) is 4.03. The van der Waals surface area contributed by atoms with Crippen molar-refractivity contribution >= 4 is 11.9 Å². The van der Waals surface area contributed by atoms with Crippen LogP contribution in [0.5, 0.6) is 0 Å². The molecule has 0 atom stereocenters. The topological polar surface area (TPSA) is 81.1 Å². The summed E-state index contributed by atoms with van der Waals surface area (Å²) in [7, 11) is 0. The molecule has 0 aromatic heterocycles. The van der Waals surface area contributed by atoms with Gasteiger partial charge in [0.15, 0.2) is 0 Å². The zero-order valence-corrected chi connectivity index (χ0v) is 11.9. The number of amides is 1. The molecule has 1 heterocycles. The van der Waals surface area contributed by atoms with Crippen LogP contribution in [0.15, 0.2) is 24.3 Å². The zero-order valence-electron chi connectivity index (χ0n) is 11.9. The minimum atomic E-state index is -0.938. The summed E-state index contributed by atoms with van der Waals surface area (Å²) in [5.41, 5.74) is 1.27. The Morgan fingerprint density at radius 2 is 1.90 bits per heavy atom. The number of rotatable bonds is 7. The Hall–Kier alpha value is -1.92. The molecule has 1 fully saturated rings. The molecule has 6 nitrogen and oxygen atoms in total. The van der Waals surface area contributed by atoms with Crippen molar-refractivity contribution in [2.75, 3.05) is 26.2 Å². The largest absolute Gasteiger partial charge is 0.478 e. The Bertz CT molecular complexity index is 501. The number of aliphatic hydroxyl groups excluding tert-OH is 1. The van der Waals surface area contributed by atoms with Gasteiger partial charge in [0.1, 0.15) is 0 Å². The molecule has 0 radical (unpaired) electrons. The van der Waals surface area contributed by atoms with Gasteiger partial charge >= 0.3 is 5.97 Å². The smallest absolute Gasteiger partial charge is 0.335 e. The predicted octanol–water partition coefficient (Wildman–Crippen LogP) is 0.759. The zero-order chi connectivity index (χ0) is 15.2.